The molecule has 1 N–H and O–H groups in total. The highest BCUT2D eigenvalue weighted by molar-refractivity contribution is 5.93. The molecule has 0 spiro atoms. The fourth-order valence-corrected chi connectivity index (χ4v) is 3.60. The largest absolute Gasteiger partial charge is 0.505 e. The van der Waals surface area contributed by atoms with Crippen molar-refractivity contribution in [3.63, 3.8) is 0 Å². The number of halogens is 4. The number of amides is 1. The molecule has 1 atom stereocenters. The summed E-state index contributed by atoms with van der Waals surface area (Å²) in [5.74, 6) is -1.40. The number of alkyl halides is 3. The molecule has 0 unspecified atom stereocenters. The van der Waals surface area contributed by atoms with Gasteiger partial charge >= 0.3 is 6.30 Å². The van der Waals surface area contributed by atoms with Crippen molar-refractivity contribution in [1.29, 1.82) is 0 Å². The Balaban J connectivity index is 1.62. The van der Waals surface area contributed by atoms with Gasteiger partial charge in [0.1, 0.15) is 17.0 Å². The monoisotopic (exact) mass is 420 g/mol. The summed E-state index contributed by atoms with van der Waals surface area (Å²) in [6.07, 6.45) is -2.17. The fourth-order valence-electron chi connectivity index (χ4n) is 3.60. The molecule has 0 radical (unpaired) electrons. The van der Waals surface area contributed by atoms with Crippen molar-refractivity contribution in [2.75, 3.05) is 6.54 Å². The van der Waals surface area contributed by atoms with Gasteiger partial charge in [-0.25, -0.2) is 14.4 Å². The van der Waals surface area contributed by atoms with E-state index in [0.717, 1.165) is 12.3 Å². The minimum absolute atomic E-state index is 0.0232. The Kier molecular flexibility index (Phi) is 3.91. The number of nitrogens with zero attached hydrogens (tertiary/aromatic N) is 5. The Hall–Kier alpha value is -3.70. The molecule has 12 heteroatoms. The Morgan fingerprint density at radius 2 is 2.10 bits per heavy atom. The molecule has 5 rings (SSSR count). The van der Waals surface area contributed by atoms with E-state index in [0.29, 0.717) is 17.8 Å². The topological polar surface area (TPSA) is 92.8 Å². The van der Waals surface area contributed by atoms with Crippen LogP contribution in [-0.4, -0.2) is 42.1 Å². The standard InChI is InChI=1S/C18H12F4N6O2/c19-9-1-2-13-11(7-9)26-16(30-13)15-14-10(23-8-24-14)4-6-27(15)17(29)12-3-5-25-28(12)18(20,21)22/h1-3,5,7-8,15H,4,6H2,(H,23,24)/t15-/m0/s1. The van der Waals surface area contributed by atoms with E-state index in [9.17, 15) is 22.4 Å². The third-order valence-electron chi connectivity index (χ3n) is 4.89. The van der Waals surface area contributed by atoms with Gasteiger partial charge in [-0.2, -0.15) is 9.78 Å². The van der Waals surface area contributed by atoms with Crippen LogP contribution in [0.2, 0.25) is 0 Å². The van der Waals surface area contributed by atoms with E-state index in [2.05, 4.69) is 20.1 Å². The second-order valence-corrected chi connectivity index (χ2v) is 6.68. The summed E-state index contributed by atoms with van der Waals surface area (Å²) in [6, 6.07) is 3.76. The number of oxazole rings is 1. The predicted octanol–water partition coefficient (Wildman–Crippen LogP) is 3.15. The molecule has 0 saturated carbocycles. The van der Waals surface area contributed by atoms with Crippen LogP contribution in [0.25, 0.3) is 11.1 Å². The number of hydrogen-bond donors (Lipinski definition) is 1. The second-order valence-electron chi connectivity index (χ2n) is 6.68. The van der Waals surface area contributed by atoms with Crippen molar-refractivity contribution < 1.29 is 26.8 Å². The van der Waals surface area contributed by atoms with Crippen LogP contribution in [0.5, 0.6) is 0 Å². The molecule has 0 bridgehead atoms. The molecule has 0 aliphatic carbocycles. The van der Waals surface area contributed by atoms with Gasteiger partial charge in [-0.15, -0.1) is 13.2 Å². The zero-order chi connectivity index (χ0) is 21.0. The molecule has 8 nitrogen and oxygen atoms in total. The molecule has 154 valence electrons. The van der Waals surface area contributed by atoms with E-state index in [1.54, 1.807) is 0 Å². The van der Waals surface area contributed by atoms with Gasteiger partial charge in [0, 0.05) is 24.7 Å². The number of carbonyl (C=O) groups is 1. The Bertz CT molecular complexity index is 1260. The van der Waals surface area contributed by atoms with Crippen molar-refractivity contribution in [2.45, 2.75) is 18.8 Å². The highest BCUT2D eigenvalue weighted by Crippen LogP contribution is 2.36. The minimum atomic E-state index is -4.85. The van der Waals surface area contributed by atoms with Crippen LogP contribution in [0.3, 0.4) is 0 Å². The Morgan fingerprint density at radius 1 is 1.27 bits per heavy atom. The van der Waals surface area contributed by atoms with Gasteiger partial charge in [-0.3, -0.25) is 4.79 Å². The van der Waals surface area contributed by atoms with E-state index in [4.69, 9.17) is 4.42 Å². The number of rotatable bonds is 2. The molecule has 0 saturated heterocycles. The van der Waals surface area contributed by atoms with Gasteiger partial charge in [0.2, 0.25) is 5.89 Å². The highest BCUT2D eigenvalue weighted by Gasteiger charge is 2.42. The third-order valence-corrected chi connectivity index (χ3v) is 4.89. The Morgan fingerprint density at radius 3 is 2.90 bits per heavy atom. The van der Waals surface area contributed by atoms with Gasteiger partial charge in [-0.05, 0) is 18.2 Å². The lowest BCUT2D eigenvalue weighted by Crippen LogP contribution is -2.42. The van der Waals surface area contributed by atoms with E-state index in [1.807, 2.05) is 0 Å². The maximum atomic E-state index is 13.5. The number of hydrogen-bond acceptors (Lipinski definition) is 5. The molecule has 0 fully saturated rings. The number of carbonyl (C=O) groups excluding carboxylic acids is 1. The smallest absolute Gasteiger partial charge is 0.438 e. The second kappa shape index (κ2) is 6.40. The van der Waals surface area contributed by atoms with Gasteiger partial charge < -0.3 is 14.3 Å². The van der Waals surface area contributed by atoms with Crippen LogP contribution < -0.4 is 0 Å². The SMILES string of the molecule is O=C(c1ccnn1C(F)(F)F)N1CCc2[nH]cnc2[C@H]1c1nc2cc(F)ccc2o1. The number of H-pyrrole nitrogens is 1. The van der Waals surface area contributed by atoms with Gasteiger partial charge in [0.05, 0.1) is 18.2 Å². The van der Waals surface area contributed by atoms with Gasteiger partial charge in [-0.1, -0.05) is 0 Å². The maximum Gasteiger partial charge on any atom is 0.505 e. The van der Waals surface area contributed by atoms with Crippen LogP contribution in [0, 0.1) is 5.82 Å². The van der Waals surface area contributed by atoms with E-state index in [1.165, 1.54) is 29.4 Å². The quantitative estimate of drug-likeness (QED) is 0.503. The first-order chi connectivity index (χ1) is 14.3. The van der Waals surface area contributed by atoms with E-state index >= 15 is 0 Å². The minimum Gasteiger partial charge on any atom is -0.438 e. The van der Waals surface area contributed by atoms with Crippen molar-refractivity contribution in [3.05, 3.63) is 65.6 Å². The summed E-state index contributed by atoms with van der Waals surface area (Å²) in [5, 5.41) is 3.22. The van der Waals surface area contributed by atoms with E-state index in [-0.39, 0.29) is 28.2 Å². The predicted molar refractivity (Wildman–Crippen MR) is 92.7 cm³/mol. The van der Waals surface area contributed by atoms with Gasteiger partial charge in [0.25, 0.3) is 5.91 Å². The lowest BCUT2D eigenvalue weighted by Gasteiger charge is -2.33. The molecular formula is C18H12F4N6O2. The van der Waals surface area contributed by atoms with E-state index < -0.39 is 29.8 Å². The molecule has 1 aromatic carbocycles. The first kappa shape index (κ1) is 18.3. The number of imidazole rings is 1. The Labute approximate surface area is 165 Å². The average molecular weight is 420 g/mol. The number of nitrogens with one attached hydrogen (secondary N) is 1. The molecule has 30 heavy (non-hydrogen) atoms. The van der Waals surface area contributed by atoms with Gasteiger partial charge in [0.15, 0.2) is 11.6 Å². The summed E-state index contributed by atoms with van der Waals surface area (Å²) >= 11 is 0. The van der Waals surface area contributed by atoms with Crippen LogP contribution in [0.1, 0.15) is 33.8 Å². The zero-order valence-electron chi connectivity index (χ0n) is 15.0. The number of benzene rings is 1. The maximum absolute atomic E-state index is 13.5. The molecule has 3 aromatic heterocycles. The fraction of sp³-hybridized carbons (Fsp3) is 0.222. The van der Waals surface area contributed by atoms with Crippen LogP contribution >= 0.6 is 0 Å². The first-order valence-electron chi connectivity index (χ1n) is 8.83. The summed E-state index contributed by atoms with van der Waals surface area (Å²) < 4.78 is 58.7. The van der Waals surface area contributed by atoms with Crippen LogP contribution in [0.15, 0.2) is 41.2 Å². The molecule has 4 heterocycles. The summed E-state index contributed by atoms with van der Waals surface area (Å²) in [5.41, 5.74) is 0.970. The molecule has 1 aliphatic rings. The van der Waals surface area contributed by atoms with Crippen LogP contribution in [-0.2, 0) is 12.7 Å². The summed E-state index contributed by atoms with van der Waals surface area (Å²) in [6.45, 7) is 0.0921. The zero-order valence-corrected chi connectivity index (χ0v) is 15.0. The summed E-state index contributed by atoms with van der Waals surface area (Å²) in [7, 11) is 0. The lowest BCUT2D eigenvalue weighted by atomic mass is 10.0. The van der Waals surface area contributed by atoms with Crippen molar-refractivity contribution >= 4 is 17.0 Å². The average Bonchev–Trinajstić information content (AvgIpc) is 3.43. The molecule has 1 aliphatic heterocycles. The number of aromatic nitrogens is 5. The van der Waals surface area contributed by atoms with Crippen molar-refractivity contribution in [2.24, 2.45) is 0 Å². The first-order valence-corrected chi connectivity index (χ1v) is 8.83. The van der Waals surface area contributed by atoms with Crippen molar-refractivity contribution in [1.82, 2.24) is 29.6 Å². The molecule has 1 amide bonds. The number of aromatic amines is 1. The molecule has 4 aromatic rings. The normalized spacial score (nSPS) is 16.8. The highest BCUT2D eigenvalue weighted by atomic mass is 19.4. The number of fused-ring (bicyclic) bond motifs is 2. The van der Waals surface area contributed by atoms with Crippen molar-refractivity contribution in [3.8, 4) is 0 Å². The molecular weight excluding hydrogens is 408 g/mol. The lowest BCUT2D eigenvalue weighted by molar-refractivity contribution is -0.213. The van der Waals surface area contributed by atoms with Crippen LogP contribution in [0.4, 0.5) is 17.6 Å². The third kappa shape index (κ3) is 2.83. The summed E-state index contributed by atoms with van der Waals surface area (Å²) in [4.78, 5) is 25.7.